The Morgan fingerprint density at radius 3 is 2.31 bits per heavy atom. The molecule has 3 aromatic carbocycles. The van der Waals surface area contributed by atoms with Crippen molar-refractivity contribution in [2.75, 3.05) is 16.8 Å². The lowest BCUT2D eigenvalue weighted by molar-refractivity contribution is -0.384. The summed E-state index contributed by atoms with van der Waals surface area (Å²) >= 11 is 0. The highest BCUT2D eigenvalue weighted by Crippen LogP contribution is 2.20. The zero-order valence-electron chi connectivity index (χ0n) is 15.7. The van der Waals surface area contributed by atoms with Crippen LogP contribution in [-0.2, 0) is 0 Å². The maximum atomic E-state index is 12.9. The Kier molecular flexibility index (Phi) is 5.99. The summed E-state index contributed by atoms with van der Waals surface area (Å²) in [6, 6.07) is 21.4. The summed E-state index contributed by atoms with van der Waals surface area (Å²) in [5.74, 6) is -0.682. The van der Waals surface area contributed by atoms with Gasteiger partial charge in [0, 0.05) is 41.2 Å². The molecule has 0 aliphatic rings. The monoisotopic (exact) mass is 389 g/mol. The molecule has 0 saturated heterocycles. The zero-order chi connectivity index (χ0) is 20.8. The van der Waals surface area contributed by atoms with Crippen LogP contribution in [0, 0.1) is 10.1 Å². The van der Waals surface area contributed by atoms with Crippen molar-refractivity contribution in [3.63, 3.8) is 0 Å². The molecule has 2 amide bonds. The van der Waals surface area contributed by atoms with Crippen molar-refractivity contribution in [2.24, 2.45) is 0 Å². The van der Waals surface area contributed by atoms with Gasteiger partial charge in [-0.3, -0.25) is 19.7 Å². The molecule has 0 spiro atoms. The fourth-order valence-electron chi connectivity index (χ4n) is 2.90. The average molecular weight is 389 g/mol. The normalized spacial score (nSPS) is 10.2. The predicted molar refractivity (Wildman–Crippen MR) is 111 cm³/mol. The molecule has 0 radical (unpaired) electrons. The number of hydrogen-bond donors (Lipinski definition) is 1. The maximum absolute atomic E-state index is 12.9. The predicted octanol–water partition coefficient (Wildman–Crippen LogP) is 4.51. The van der Waals surface area contributed by atoms with Gasteiger partial charge in [-0.15, -0.1) is 0 Å². The standard InChI is InChI=1S/C22H19N3O4/c1-2-24(19-11-4-3-5-12-19)22(27)17-9-6-10-18(14-17)23-21(26)16-8-7-13-20(15-16)25(28)29/h3-15H,2H2,1H3,(H,23,26). The van der Waals surface area contributed by atoms with Crippen LogP contribution in [-0.4, -0.2) is 23.3 Å². The van der Waals surface area contributed by atoms with Crippen LogP contribution >= 0.6 is 0 Å². The van der Waals surface area contributed by atoms with E-state index in [-0.39, 0.29) is 17.2 Å². The van der Waals surface area contributed by atoms with Gasteiger partial charge in [-0.25, -0.2) is 0 Å². The van der Waals surface area contributed by atoms with Gasteiger partial charge in [0.1, 0.15) is 0 Å². The molecule has 0 aliphatic heterocycles. The molecule has 29 heavy (non-hydrogen) atoms. The quantitative estimate of drug-likeness (QED) is 0.496. The van der Waals surface area contributed by atoms with Gasteiger partial charge in [-0.2, -0.15) is 0 Å². The van der Waals surface area contributed by atoms with E-state index in [4.69, 9.17) is 0 Å². The summed E-state index contributed by atoms with van der Waals surface area (Å²) in [4.78, 5) is 37.4. The van der Waals surface area contributed by atoms with Crippen LogP contribution in [0.5, 0.6) is 0 Å². The number of nitrogens with one attached hydrogen (secondary N) is 1. The van der Waals surface area contributed by atoms with Crippen LogP contribution in [0.2, 0.25) is 0 Å². The zero-order valence-corrected chi connectivity index (χ0v) is 15.7. The number of benzene rings is 3. The smallest absolute Gasteiger partial charge is 0.270 e. The molecule has 7 nitrogen and oxygen atoms in total. The van der Waals surface area contributed by atoms with Gasteiger partial charge < -0.3 is 10.2 Å². The van der Waals surface area contributed by atoms with Crippen molar-refractivity contribution < 1.29 is 14.5 Å². The molecule has 1 N–H and O–H groups in total. The van der Waals surface area contributed by atoms with E-state index >= 15 is 0 Å². The van der Waals surface area contributed by atoms with Crippen LogP contribution in [0.25, 0.3) is 0 Å². The minimum Gasteiger partial charge on any atom is -0.322 e. The molecule has 0 atom stereocenters. The molecule has 0 fully saturated rings. The molecule has 0 heterocycles. The Morgan fingerprint density at radius 1 is 0.931 bits per heavy atom. The minimum absolute atomic E-state index is 0.162. The molecular formula is C22H19N3O4. The van der Waals surface area contributed by atoms with E-state index in [1.807, 2.05) is 37.3 Å². The van der Waals surface area contributed by atoms with Crippen LogP contribution in [0.4, 0.5) is 17.1 Å². The van der Waals surface area contributed by atoms with Crippen molar-refractivity contribution in [3.05, 3.63) is 100 Å². The molecular weight excluding hydrogens is 370 g/mol. The summed E-state index contributed by atoms with van der Waals surface area (Å²) in [6.45, 7) is 2.38. The molecule has 7 heteroatoms. The highest BCUT2D eigenvalue weighted by molar-refractivity contribution is 6.08. The van der Waals surface area contributed by atoms with Gasteiger partial charge in [0.15, 0.2) is 0 Å². The number of anilines is 2. The Labute approximate surface area is 167 Å². The number of hydrogen-bond acceptors (Lipinski definition) is 4. The van der Waals surface area contributed by atoms with Crippen molar-refractivity contribution in [1.29, 1.82) is 0 Å². The number of nitrogens with zero attached hydrogens (tertiary/aromatic N) is 2. The van der Waals surface area contributed by atoms with E-state index in [2.05, 4.69) is 5.32 Å². The van der Waals surface area contributed by atoms with Crippen LogP contribution in [0.15, 0.2) is 78.9 Å². The number of non-ortho nitro benzene ring substituents is 1. The second-order valence-corrected chi connectivity index (χ2v) is 6.23. The Hall–Kier alpha value is -4.00. The van der Waals surface area contributed by atoms with Crippen molar-refractivity contribution in [2.45, 2.75) is 6.92 Å². The first kappa shape index (κ1) is 19.8. The number of rotatable bonds is 6. The summed E-state index contributed by atoms with van der Waals surface area (Å²) in [7, 11) is 0. The number of amides is 2. The molecule has 0 aromatic heterocycles. The number of carbonyl (C=O) groups is 2. The third-order valence-electron chi connectivity index (χ3n) is 4.32. The first-order valence-electron chi connectivity index (χ1n) is 9.02. The van der Waals surface area contributed by atoms with Crippen molar-refractivity contribution >= 4 is 28.9 Å². The lowest BCUT2D eigenvalue weighted by Gasteiger charge is -2.21. The van der Waals surface area contributed by atoms with Gasteiger partial charge >= 0.3 is 0 Å². The first-order chi connectivity index (χ1) is 14.0. The van der Waals surface area contributed by atoms with Crippen LogP contribution in [0.1, 0.15) is 27.6 Å². The molecule has 0 unspecified atom stereocenters. The van der Waals surface area contributed by atoms with Gasteiger partial charge in [0.05, 0.1) is 4.92 Å². The summed E-state index contributed by atoms with van der Waals surface area (Å²) < 4.78 is 0. The fraction of sp³-hybridized carbons (Fsp3) is 0.0909. The summed E-state index contributed by atoms with van der Waals surface area (Å²) in [5.41, 5.74) is 1.63. The fourth-order valence-corrected chi connectivity index (χ4v) is 2.90. The van der Waals surface area contributed by atoms with Crippen LogP contribution < -0.4 is 10.2 Å². The topological polar surface area (TPSA) is 92.6 Å². The average Bonchev–Trinajstić information content (AvgIpc) is 2.75. The van der Waals surface area contributed by atoms with Crippen molar-refractivity contribution in [3.8, 4) is 0 Å². The highest BCUT2D eigenvalue weighted by atomic mass is 16.6. The number of nitro groups is 1. The van der Waals surface area contributed by atoms with Gasteiger partial charge in [-0.1, -0.05) is 30.3 Å². The molecule has 3 aromatic rings. The molecule has 0 saturated carbocycles. The Bertz CT molecular complexity index is 1050. The van der Waals surface area contributed by atoms with Gasteiger partial charge in [0.25, 0.3) is 17.5 Å². The third kappa shape index (κ3) is 4.65. The lowest BCUT2D eigenvalue weighted by atomic mass is 10.1. The SMILES string of the molecule is CCN(C(=O)c1cccc(NC(=O)c2cccc([N+](=O)[O-])c2)c1)c1ccccc1. The summed E-state index contributed by atoms with van der Waals surface area (Å²) in [5, 5.41) is 13.6. The number of para-hydroxylation sites is 1. The van der Waals surface area contributed by atoms with E-state index in [9.17, 15) is 19.7 Å². The van der Waals surface area contributed by atoms with Gasteiger partial charge in [-0.05, 0) is 43.3 Å². The van der Waals surface area contributed by atoms with Gasteiger partial charge in [0.2, 0.25) is 0 Å². The second-order valence-electron chi connectivity index (χ2n) is 6.23. The van der Waals surface area contributed by atoms with Crippen molar-refractivity contribution in [1.82, 2.24) is 0 Å². The molecule has 0 aliphatic carbocycles. The largest absolute Gasteiger partial charge is 0.322 e. The van der Waals surface area contributed by atoms with E-state index in [0.29, 0.717) is 17.8 Å². The summed E-state index contributed by atoms with van der Waals surface area (Å²) in [6.07, 6.45) is 0. The number of carbonyl (C=O) groups excluding carboxylic acids is 2. The first-order valence-corrected chi connectivity index (χ1v) is 9.02. The molecule has 3 rings (SSSR count). The van der Waals surface area contributed by atoms with Crippen LogP contribution in [0.3, 0.4) is 0 Å². The third-order valence-corrected chi connectivity index (χ3v) is 4.32. The lowest BCUT2D eigenvalue weighted by Crippen LogP contribution is -2.30. The highest BCUT2D eigenvalue weighted by Gasteiger charge is 2.17. The van der Waals surface area contributed by atoms with E-state index < -0.39 is 10.8 Å². The van der Waals surface area contributed by atoms with E-state index in [0.717, 1.165) is 5.69 Å². The molecule has 0 bridgehead atoms. The maximum Gasteiger partial charge on any atom is 0.270 e. The Morgan fingerprint density at radius 2 is 1.62 bits per heavy atom. The van der Waals surface area contributed by atoms with E-state index in [1.165, 1.54) is 24.3 Å². The minimum atomic E-state index is -0.557. The Balaban J connectivity index is 1.80. The second kappa shape index (κ2) is 8.79. The molecule has 146 valence electrons. The number of nitro benzene ring substituents is 1. The van der Waals surface area contributed by atoms with E-state index in [1.54, 1.807) is 29.2 Å².